The van der Waals surface area contributed by atoms with Crippen LogP contribution < -0.4 is 10.1 Å². The van der Waals surface area contributed by atoms with Crippen molar-refractivity contribution in [3.8, 4) is 5.75 Å². The molecule has 3 atom stereocenters. The third-order valence-corrected chi connectivity index (χ3v) is 4.37. The maximum atomic E-state index is 13.2. The minimum atomic E-state index is -0.923. The van der Waals surface area contributed by atoms with Crippen molar-refractivity contribution in [1.29, 1.82) is 0 Å². The molecule has 0 radical (unpaired) electrons. The summed E-state index contributed by atoms with van der Waals surface area (Å²) < 4.78 is 18.5. The Morgan fingerprint density at radius 1 is 1.33 bits per heavy atom. The van der Waals surface area contributed by atoms with Gasteiger partial charge in [0.1, 0.15) is 11.6 Å². The first-order valence-electron chi connectivity index (χ1n) is 7.94. The third kappa shape index (κ3) is 3.57. The Hall–Kier alpha value is -2.40. The maximum Gasteiger partial charge on any atom is 0.223 e. The standard InChI is InChI=1S/C19H20FNO3/c1-24-18-8-3-2-7-14(18)15-10-16(15)19(23)21-11-17(22)12-5-4-6-13(20)9-12/h2-9,15-17,22H,10-11H2,1H3,(H,21,23)/t15-,16+,17+/m0/s1. The van der Waals surface area contributed by atoms with E-state index >= 15 is 0 Å². The summed E-state index contributed by atoms with van der Waals surface area (Å²) in [6, 6.07) is 13.4. The number of para-hydroxylation sites is 1. The van der Waals surface area contributed by atoms with Gasteiger partial charge in [-0.2, -0.15) is 0 Å². The Bertz CT molecular complexity index is 734. The van der Waals surface area contributed by atoms with Gasteiger partial charge in [-0.05, 0) is 41.7 Å². The van der Waals surface area contributed by atoms with Crippen LogP contribution in [0.3, 0.4) is 0 Å². The molecule has 3 rings (SSSR count). The quantitative estimate of drug-likeness (QED) is 0.857. The topological polar surface area (TPSA) is 58.6 Å². The number of carbonyl (C=O) groups excluding carboxylic acids is 1. The second-order valence-electron chi connectivity index (χ2n) is 6.01. The third-order valence-electron chi connectivity index (χ3n) is 4.37. The molecule has 5 heteroatoms. The minimum absolute atomic E-state index is 0.0669. The fraction of sp³-hybridized carbons (Fsp3) is 0.316. The summed E-state index contributed by atoms with van der Waals surface area (Å²) in [4.78, 5) is 12.3. The average Bonchev–Trinajstić information content (AvgIpc) is 3.40. The fourth-order valence-electron chi connectivity index (χ4n) is 2.96. The molecular weight excluding hydrogens is 309 g/mol. The molecule has 0 saturated heterocycles. The van der Waals surface area contributed by atoms with Gasteiger partial charge in [-0.25, -0.2) is 4.39 Å². The van der Waals surface area contributed by atoms with Crippen molar-refractivity contribution < 1.29 is 19.0 Å². The molecule has 1 aliphatic carbocycles. The number of halogens is 1. The first-order chi connectivity index (χ1) is 11.6. The van der Waals surface area contributed by atoms with Crippen LogP contribution in [-0.2, 0) is 4.79 Å². The molecule has 2 aromatic rings. The predicted molar refractivity (Wildman–Crippen MR) is 88.2 cm³/mol. The smallest absolute Gasteiger partial charge is 0.223 e. The van der Waals surface area contributed by atoms with Crippen LogP contribution in [0, 0.1) is 11.7 Å². The summed E-state index contributed by atoms with van der Waals surface area (Å²) >= 11 is 0. The van der Waals surface area contributed by atoms with Gasteiger partial charge in [-0.15, -0.1) is 0 Å². The molecule has 1 aliphatic rings. The molecule has 1 saturated carbocycles. The van der Waals surface area contributed by atoms with E-state index < -0.39 is 11.9 Å². The van der Waals surface area contributed by atoms with Crippen LogP contribution in [0.1, 0.15) is 29.6 Å². The number of amides is 1. The van der Waals surface area contributed by atoms with Gasteiger partial charge >= 0.3 is 0 Å². The maximum absolute atomic E-state index is 13.2. The zero-order chi connectivity index (χ0) is 17.1. The Balaban J connectivity index is 1.55. The van der Waals surface area contributed by atoms with E-state index in [9.17, 15) is 14.3 Å². The van der Waals surface area contributed by atoms with Gasteiger partial charge < -0.3 is 15.2 Å². The molecule has 1 amide bonds. The SMILES string of the molecule is COc1ccccc1[C@@H]1C[C@H]1C(=O)NC[C@@H](O)c1cccc(F)c1. The Morgan fingerprint density at radius 2 is 2.12 bits per heavy atom. The molecule has 4 nitrogen and oxygen atoms in total. The summed E-state index contributed by atoms with van der Waals surface area (Å²) in [7, 11) is 1.62. The van der Waals surface area contributed by atoms with Crippen molar-refractivity contribution in [2.75, 3.05) is 13.7 Å². The molecule has 0 spiro atoms. The van der Waals surface area contributed by atoms with Crippen molar-refractivity contribution in [2.45, 2.75) is 18.4 Å². The number of rotatable bonds is 6. The molecule has 24 heavy (non-hydrogen) atoms. The predicted octanol–water partition coefficient (Wildman–Crippen LogP) is 2.79. The lowest BCUT2D eigenvalue weighted by Crippen LogP contribution is -2.30. The number of benzene rings is 2. The lowest BCUT2D eigenvalue weighted by atomic mass is 10.1. The van der Waals surface area contributed by atoms with E-state index in [1.807, 2.05) is 24.3 Å². The van der Waals surface area contributed by atoms with E-state index in [1.54, 1.807) is 13.2 Å². The summed E-state index contributed by atoms with van der Waals surface area (Å²) in [5, 5.41) is 12.8. The summed E-state index contributed by atoms with van der Waals surface area (Å²) in [6.07, 6.45) is -0.157. The molecule has 0 aliphatic heterocycles. The molecule has 126 valence electrons. The normalized spacial score (nSPS) is 20.3. The molecule has 2 N–H and O–H groups in total. The molecule has 0 heterocycles. The number of carbonyl (C=O) groups is 1. The number of nitrogens with one attached hydrogen (secondary N) is 1. The van der Waals surface area contributed by atoms with Crippen LogP contribution in [0.15, 0.2) is 48.5 Å². The van der Waals surface area contributed by atoms with Gasteiger partial charge in [0.15, 0.2) is 0 Å². The second kappa shape index (κ2) is 7.01. The number of methoxy groups -OCH3 is 1. The van der Waals surface area contributed by atoms with Gasteiger partial charge in [-0.1, -0.05) is 30.3 Å². The minimum Gasteiger partial charge on any atom is -0.496 e. The summed E-state index contributed by atoms with van der Waals surface area (Å²) in [5.74, 6) is 0.323. The Labute approximate surface area is 140 Å². The van der Waals surface area contributed by atoms with Crippen molar-refractivity contribution in [2.24, 2.45) is 5.92 Å². The monoisotopic (exact) mass is 329 g/mol. The summed E-state index contributed by atoms with van der Waals surface area (Å²) in [6.45, 7) is 0.0669. The lowest BCUT2D eigenvalue weighted by Gasteiger charge is -2.13. The molecule has 1 fully saturated rings. The molecule has 0 unspecified atom stereocenters. The van der Waals surface area contributed by atoms with Crippen LogP contribution in [0.5, 0.6) is 5.75 Å². The second-order valence-corrected chi connectivity index (χ2v) is 6.01. The highest BCUT2D eigenvalue weighted by molar-refractivity contribution is 5.83. The molecular formula is C19H20FNO3. The number of aliphatic hydroxyl groups excluding tert-OH is 1. The van der Waals surface area contributed by atoms with Crippen LogP contribution in [-0.4, -0.2) is 24.7 Å². The van der Waals surface area contributed by atoms with E-state index in [0.29, 0.717) is 5.56 Å². The average molecular weight is 329 g/mol. The van der Waals surface area contributed by atoms with Crippen LogP contribution >= 0.6 is 0 Å². The van der Waals surface area contributed by atoms with Crippen LogP contribution in [0.4, 0.5) is 4.39 Å². The first-order valence-corrected chi connectivity index (χ1v) is 7.94. The van der Waals surface area contributed by atoms with Crippen LogP contribution in [0.2, 0.25) is 0 Å². The van der Waals surface area contributed by atoms with E-state index in [1.165, 1.54) is 18.2 Å². The molecule has 0 bridgehead atoms. The van der Waals surface area contributed by atoms with Crippen molar-refractivity contribution in [1.82, 2.24) is 5.32 Å². The largest absolute Gasteiger partial charge is 0.496 e. The zero-order valence-electron chi connectivity index (χ0n) is 13.4. The number of hydrogen-bond donors (Lipinski definition) is 2. The van der Waals surface area contributed by atoms with Gasteiger partial charge in [0.25, 0.3) is 0 Å². The van der Waals surface area contributed by atoms with Gasteiger partial charge in [0.2, 0.25) is 5.91 Å². The molecule has 2 aromatic carbocycles. The Kier molecular flexibility index (Phi) is 4.81. The number of aliphatic hydroxyl groups is 1. The molecule has 0 aromatic heterocycles. The van der Waals surface area contributed by atoms with E-state index in [0.717, 1.165) is 17.7 Å². The highest BCUT2D eigenvalue weighted by Gasteiger charge is 2.45. The van der Waals surface area contributed by atoms with Gasteiger partial charge in [-0.3, -0.25) is 4.79 Å². The number of hydrogen-bond acceptors (Lipinski definition) is 3. The Morgan fingerprint density at radius 3 is 2.88 bits per heavy atom. The van der Waals surface area contributed by atoms with Crippen molar-refractivity contribution in [3.63, 3.8) is 0 Å². The van der Waals surface area contributed by atoms with Crippen molar-refractivity contribution >= 4 is 5.91 Å². The van der Waals surface area contributed by atoms with Crippen LogP contribution in [0.25, 0.3) is 0 Å². The van der Waals surface area contributed by atoms with E-state index in [4.69, 9.17) is 4.74 Å². The lowest BCUT2D eigenvalue weighted by molar-refractivity contribution is -0.122. The zero-order valence-corrected chi connectivity index (χ0v) is 13.4. The first kappa shape index (κ1) is 16.5. The highest BCUT2D eigenvalue weighted by atomic mass is 19.1. The summed E-state index contributed by atoms with van der Waals surface area (Å²) in [5.41, 5.74) is 1.48. The number of ether oxygens (including phenoxy) is 1. The van der Waals surface area contributed by atoms with E-state index in [-0.39, 0.29) is 24.3 Å². The van der Waals surface area contributed by atoms with Gasteiger partial charge in [0.05, 0.1) is 13.2 Å². The highest BCUT2D eigenvalue weighted by Crippen LogP contribution is 2.50. The van der Waals surface area contributed by atoms with Crippen molar-refractivity contribution in [3.05, 3.63) is 65.5 Å². The van der Waals surface area contributed by atoms with E-state index in [2.05, 4.69) is 5.32 Å². The fourth-order valence-corrected chi connectivity index (χ4v) is 2.96. The van der Waals surface area contributed by atoms with Gasteiger partial charge in [0, 0.05) is 12.5 Å².